The number of amides is 1. The van der Waals surface area contributed by atoms with Gasteiger partial charge in [0, 0.05) is 5.02 Å². The van der Waals surface area contributed by atoms with Crippen LogP contribution in [-0.2, 0) is 9.53 Å². The maximum Gasteiger partial charge on any atom is 0.339 e. The molecule has 0 radical (unpaired) electrons. The zero-order valence-corrected chi connectivity index (χ0v) is 14.4. The van der Waals surface area contributed by atoms with Crippen molar-refractivity contribution in [2.45, 2.75) is 13.8 Å². The SMILES string of the molecule is COC(=O)c1cccc(C)c1NC(=O)COc1ccc(Cl)cc1C. The highest BCUT2D eigenvalue weighted by Gasteiger charge is 2.16. The van der Waals surface area contributed by atoms with Gasteiger partial charge < -0.3 is 14.8 Å². The highest BCUT2D eigenvalue weighted by molar-refractivity contribution is 6.30. The first-order chi connectivity index (χ1) is 11.4. The van der Waals surface area contributed by atoms with E-state index in [2.05, 4.69) is 5.32 Å². The highest BCUT2D eigenvalue weighted by atomic mass is 35.5. The van der Waals surface area contributed by atoms with Crippen molar-refractivity contribution in [2.75, 3.05) is 19.0 Å². The number of rotatable bonds is 5. The van der Waals surface area contributed by atoms with E-state index in [4.69, 9.17) is 21.1 Å². The molecule has 0 saturated heterocycles. The van der Waals surface area contributed by atoms with E-state index in [9.17, 15) is 9.59 Å². The van der Waals surface area contributed by atoms with Crippen molar-refractivity contribution in [3.63, 3.8) is 0 Å². The van der Waals surface area contributed by atoms with Gasteiger partial charge in [0.25, 0.3) is 5.91 Å². The molecule has 0 saturated carbocycles. The number of ether oxygens (including phenoxy) is 2. The molecule has 1 N–H and O–H groups in total. The first kappa shape index (κ1) is 17.8. The molecule has 5 nitrogen and oxygen atoms in total. The molecule has 0 unspecified atom stereocenters. The lowest BCUT2D eigenvalue weighted by Gasteiger charge is -2.13. The molecule has 0 spiro atoms. The summed E-state index contributed by atoms with van der Waals surface area (Å²) in [5, 5.41) is 3.31. The second-order valence-corrected chi connectivity index (χ2v) is 5.67. The standard InChI is InChI=1S/C18H18ClNO4/c1-11-5-4-6-14(18(22)23-3)17(11)20-16(21)10-24-15-8-7-13(19)9-12(15)2/h4-9H,10H2,1-3H3,(H,20,21). The molecule has 0 heterocycles. The van der Waals surface area contributed by atoms with E-state index < -0.39 is 5.97 Å². The highest BCUT2D eigenvalue weighted by Crippen LogP contribution is 2.23. The number of para-hydroxylation sites is 1. The predicted octanol–water partition coefficient (Wildman–Crippen LogP) is 3.76. The minimum Gasteiger partial charge on any atom is -0.483 e. The molecular weight excluding hydrogens is 330 g/mol. The number of halogens is 1. The Morgan fingerprint density at radius 1 is 1.12 bits per heavy atom. The summed E-state index contributed by atoms with van der Waals surface area (Å²) in [7, 11) is 1.29. The maximum absolute atomic E-state index is 12.2. The van der Waals surface area contributed by atoms with Gasteiger partial charge in [-0.15, -0.1) is 0 Å². The Bertz CT molecular complexity index is 774. The molecule has 0 aliphatic rings. The zero-order valence-electron chi connectivity index (χ0n) is 13.7. The smallest absolute Gasteiger partial charge is 0.339 e. The number of hydrogen-bond donors (Lipinski definition) is 1. The van der Waals surface area contributed by atoms with E-state index in [1.165, 1.54) is 7.11 Å². The molecule has 0 fully saturated rings. The zero-order chi connectivity index (χ0) is 17.7. The van der Waals surface area contributed by atoms with Crippen LogP contribution in [0.3, 0.4) is 0 Å². The molecule has 1 amide bonds. The van der Waals surface area contributed by atoms with Gasteiger partial charge in [-0.25, -0.2) is 4.79 Å². The Balaban J connectivity index is 2.09. The van der Waals surface area contributed by atoms with Gasteiger partial charge in [0.05, 0.1) is 18.4 Å². The third-order valence-electron chi connectivity index (χ3n) is 3.44. The normalized spacial score (nSPS) is 10.2. The summed E-state index contributed by atoms with van der Waals surface area (Å²) >= 11 is 5.89. The average Bonchev–Trinajstić information content (AvgIpc) is 2.55. The molecule has 2 rings (SSSR count). The van der Waals surface area contributed by atoms with Crippen molar-refractivity contribution in [3.8, 4) is 5.75 Å². The van der Waals surface area contributed by atoms with Gasteiger partial charge in [-0.1, -0.05) is 23.7 Å². The summed E-state index contributed by atoms with van der Waals surface area (Å²) in [6.07, 6.45) is 0. The molecule has 2 aromatic carbocycles. The summed E-state index contributed by atoms with van der Waals surface area (Å²) in [4.78, 5) is 24.0. The van der Waals surface area contributed by atoms with Crippen molar-refractivity contribution >= 4 is 29.2 Å². The quantitative estimate of drug-likeness (QED) is 0.836. The molecule has 0 aromatic heterocycles. The third-order valence-corrected chi connectivity index (χ3v) is 3.67. The Morgan fingerprint density at radius 2 is 1.88 bits per heavy atom. The lowest BCUT2D eigenvalue weighted by atomic mass is 10.1. The Labute approximate surface area is 145 Å². The van der Waals surface area contributed by atoms with Gasteiger partial charge >= 0.3 is 5.97 Å². The van der Waals surface area contributed by atoms with Crippen LogP contribution >= 0.6 is 11.6 Å². The van der Waals surface area contributed by atoms with Gasteiger partial charge in [0.1, 0.15) is 5.75 Å². The van der Waals surface area contributed by atoms with Gasteiger partial charge in [-0.2, -0.15) is 0 Å². The van der Waals surface area contributed by atoms with Crippen LogP contribution in [0.15, 0.2) is 36.4 Å². The third kappa shape index (κ3) is 4.26. The molecule has 0 aliphatic carbocycles. The van der Waals surface area contributed by atoms with Gasteiger partial charge in [0.15, 0.2) is 6.61 Å². The van der Waals surface area contributed by atoms with Crippen LogP contribution in [0.4, 0.5) is 5.69 Å². The van der Waals surface area contributed by atoms with Crippen LogP contribution in [0.5, 0.6) is 5.75 Å². The molecular formula is C18H18ClNO4. The Hall–Kier alpha value is -2.53. The molecule has 2 aromatic rings. The van der Waals surface area contributed by atoms with Crippen LogP contribution in [0.25, 0.3) is 0 Å². The first-order valence-corrected chi connectivity index (χ1v) is 7.67. The van der Waals surface area contributed by atoms with Crippen LogP contribution < -0.4 is 10.1 Å². The number of nitrogens with one attached hydrogen (secondary N) is 1. The number of carbonyl (C=O) groups excluding carboxylic acids is 2. The van der Waals surface area contributed by atoms with E-state index in [1.54, 1.807) is 43.3 Å². The number of benzene rings is 2. The van der Waals surface area contributed by atoms with E-state index in [0.29, 0.717) is 22.0 Å². The summed E-state index contributed by atoms with van der Waals surface area (Å²) in [6, 6.07) is 10.3. The molecule has 126 valence electrons. The van der Waals surface area contributed by atoms with Crippen LogP contribution in [-0.4, -0.2) is 25.6 Å². The fourth-order valence-corrected chi connectivity index (χ4v) is 2.43. The fraction of sp³-hybridized carbons (Fsp3) is 0.222. The number of carbonyl (C=O) groups is 2. The van der Waals surface area contributed by atoms with Crippen molar-refractivity contribution in [3.05, 3.63) is 58.1 Å². The molecule has 0 aliphatic heterocycles. The fourth-order valence-electron chi connectivity index (χ4n) is 2.21. The van der Waals surface area contributed by atoms with E-state index in [0.717, 1.165) is 11.1 Å². The van der Waals surface area contributed by atoms with Crippen molar-refractivity contribution in [1.29, 1.82) is 0 Å². The van der Waals surface area contributed by atoms with E-state index in [-0.39, 0.29) is 12.5 Å². The topological polar surface area (TPSA) is 64.6 Å². The molecule has 0 bridgehead atoms. The Kier molecular flexibility index (Phi) is 5.82. The second kappa shape index (κ2) is 7.84. The van der Waals surface area contributed by atoms with Crippen molar-refractivity contribution < 1.29 is 19.1 Å². The van der Waals surface area contributed by atoms with Gasteiger partial charge in [0.2, 0.25) is 0 Å². The number of aryl methyl sites for hydroxylation is 2. The maximum atomic E-state index is 12.2. The van der Waals surface area contributed by atoms with Crippen molar-refractivity contribution in [1.82, 2.24) is 0 Å². The summed E-state index contributed by atoms with van der Waals surface area (Å²) in [5.41, 5.74) is 2.31. The summed E-state index contributed by atoms with van der Waals surface area (Å²) in [6.45, 7) is 3.46. The van der Waals surface area contributed by atoms with Crippen LogP contribution in [0.1, 0.15) is 21.5 Å². The average molecular weight is 348 g/mol. The first-order valence-electron chi connectivity index (χ1n) is 7.29. The molecule has 0 atom stereocenters. The van der Waals surface area contributed by atoms with Gasteiger partial charge in [-0.3, -0.25) is 4.79 Å². The number of hydrogen-bond acceptors (Lipinski definition) is 4. The second-order valence-electron chi connectivity index (χ2n) is 5.24. The Morgan fingerprint density at radius 3 is 2.54 bits per heavy atom. The predicted molar refractivity (Wildman–Crippen MR) is 92.8 cm³/mol. The van der Waals surface area contributed by atoms with E-state index >= 15 is 0 Å². The number of esters is 1. The van der Waals surface area contributed by atoms with E-state index in [1.807, 2.05) is 6.92 Å². The van der Waals surface area contributed by atoms with Gasteiger partial charge in [-0.05, 0) is 49.2 Å². The monoisotopic (exact) mass is 347 g/mol. The van der Waals surface area contributed by atoms with Crippen LogP contribution in [0.2, 0.25) is 5.02 Å². The lowest BCUT2D eigenvalue weighted by molar-refractivity contribution is -0.118. The molecule has 24 heavy (non-hydrogen) atoms. The summed E-state index contributed by atoms with van der Waals surface area (Å²) in [5.74, 6) is -0.306. The lowest BCUT2D eigenvalue weighted by Crippen LogP contribution is -2.22. The molecule has 6 heteroatoms. The summed E-state index contributed by atoms with van der Waals surface area (Å²) < 4.78 is 10.2. The largest absolute Gasteiger partial charge is 0.483 e. The minimum absolute atomic E-state index is 0.183. The minimum atomic E-state index is -0.511. The number of anilines is 1. The number of methoxy groups -OCH3 is 1. The van der Waals surface area contributed by atoms with Crippen molar-refractivity contribution in [2.24, 2.45) is 0 Å². The van der Waals surface area contributed by atoms with Crippen LogP contribution in [0, 0.1) is 13.8 Å².